The number of methoxy groups -OCH3 is 1. The average molecular weight is 432 g/mol. The zero-order chi connectivity index (χ0) is 17.7. The van der Waals surface area contributed by atoms with Crippen LogP contribution in [0, 0.1) is 6.92 Å². The van der Waals surface area contributed by atoms with Gasteiger partial charge in [-0.25, -0.2) is 0 Å². The second kappa shape index (κ2) is 9.54. The summed E-state index contributed by atoms with van der Waals surface area (Å²) in [7, 11) is -2.57. The number of rotatable bonds is 5. The molecule has 2 aromatic rings. The quantitative estimate of drug-likeness (QED) is 0.375. The van der Waals surface area contributed by atoms with Gasteiger partial charge in [-0.1, -0.05) is 46.3 Å². The van der Waals surface area contributed by atoms with Gasteiger partial charge in [0.2, 0.25) is 0 Å². The van der Waals surface area contributed by atoms with E-state index in [0.29, 0.717) is 15.8 Å². The number of aryl methyl sites for hydroxylation is 1. The van der Waals surface area contributed by atoms with Crippen molar-refractivity contribution in [1.82, 2.24) is 0 Å². The van der Waals surface area contributed by atoms with E-state index in [1.807, 2.05) is 6.92 Å². The van der Waals surface area contributed by atoms with Crippen LogP contribution in [0.3, 0.4) is 0 Å². The van der Waals surface area contributed by atoms with E-state index in [1.165, 1.54) is 19.3 Å². The van der Waals surface area contributed by atoms with Crippen molar-refractivity contribution in [2.45, 2.75) is 6.92 Å². The van der Waals surface area contributed by atoms with Gasteiger partial charge in [-0.2, -0.15) is 12.8 Å². The zero-order valence-corrected chi connectivity index (χ0v) is 18.5. The Kier molecular flexibility index (Phi) is 8.37. The van der Waals surface area contributed by atoms with Crippen molar-refractivity contribution < 1.29 is 47.8 Å². The second-order valence-corrected chi connectivity index (χ2v) is 7.28. The van der Waals surface area contributed by atoms with E-state index in [1.54, 1.807) is 36.4 Å². The van der Waals surface area contributed by atoms with Crippen molar-refractivity contribution in [3.63, 3.8) is 0 Å². The molecule has 0 amide bonds. The fourth-order valence-electron chi connectivity index (χ4n) is 1.95. The summed E-state index contributed by atoms with van der Waals surface area (Å²) in [6.45, 7) is 1.86. The van der Waals surface area contributed by atoms with Gasteiger partial charge < -0.3 is 9.84 Å². The van der Waals surface area contributed by atoms with Crippen molar-refractivity contribution in [3.05, 3.63) is 69.0 Å². The molecule has 0 heterocycles. The smallest absolute Gasteiger partial charge is 0.858 e. The van der Waals surface area contributed by atoms with Crippen molar-refractivity contribution >= 4 is 37.9 Å². The maximum absolute atomic E-state index is 12.1. The van der Waals surface area contributed by atoms with Gasteiger partial charge in [0.05, 0.1) is 12.5 Å². The van der Waals surface area contributed by atoms with Crippen LogP contribution in [0.15, 0.2) is 56.7 Å². The molecule has 0 aliphatic rings. The standard InChI is InChI=1S/C17H16BrNO4S.Na/c1-12-7-8-14(15(18)11-12)17(20)19-24(21,22)10-9-13-5-3-4-6-16(13)23-2;/h3-11H,1-2H3,(H,19,20);/q;+1/p-1/b10-9+;. The molecule has 0 aliphatic carbocycles. The number of halogens is 1. The van der Waals surface area contributed by atoms with Crippen LogP contribution in [-0.2, 0) is 10.0 Å². The van der Waals surface area contributed by atoms with Crippen molar-refractivity contribution in [1.29, 1.82) is 0 Å². The van der Waals surface area contributed by atoms with Crippen molar-refractivity contribution in [3.8, 4) is 5.75 Å². The van der Waals surface area contributed by atoms with Gasteiger partial charge in [-0.15, -0.1) is 0 Å². The minimum atomic E-state index is -4.06. The Balaban J connectivity index is 0.00000312. The number of ether oxygens (including phenoxy) is 1. The molecule has 0 radical (unpaired) electrons. The summed E-state index contributed by atoms with van der Waals surface area (Å²) in [4.78, 5) is 0. The Hall–Kier alpha value is -1.12. The van der Waals surface area contributed by atoms with Crippen LogP contribution in [0.25, 0.3) is 6.08 Å². The van der Waals surface area contributed by atoms with E-state index in [9.17, 15) is 13.5 Å². The maximum Gasteiger partial charge on any atom is 1.00 e. The molecule has 0 N–H and O–H groups in total. The third-order valence-corrected chi connectivity index (χ3v) is 4.68. The predicted molar refractivity (Wildman–Crippen MR) is 96.4 cm³/mol. The van der Waals surface area contributed by atoms with Gasteiger partial charge in [0.25, 0.3) is 10.0 Å². The van der Waals surface area contributed by atoms with E-state index in [-0.39, 0.29) is 35.1 Å². The number of benzene rings is 2. The molecule has 0 saturated carbocycles. The van der Waals surface area contributed by atoms with Gasteiger partial charge in [-0.3, -0.25) is 0 Å². The molecular formula is C17H15BrNNaO4S. The fraction of sp³-hybridized carbons (Fsp3) is 0.118. The molecule has 25 heavy (non-hydrogen) atoms. The van der Waals surface area contributed by atoms with Crippen molar-refractivity contribution in [2.75, 3.05) is 7.11 Å². The Morgan fingerprint density at radius 2 is 1.92 bits per heavy atom. The third kappa shape index (κ3) is 6.27. The Labute approximate surface area is 177 Å². The van der Waals surface area contributed by atoms with Crippen LogP contribution >= 0.6 is 15.9 Å². The maximum atomic E-state index is 12.1. The normalized spacial score (nSPS) is 12.0. The van der Waals surface area contributed by atoms with E-state index in [2.05, 4.69) is 20.3 Å². The predicted octanol–water partition coefficient (Wildman–Crippen LogP) is -0.122. The monoisotopic (exact) mass is 431 g/mol. The average Bonchev–Trinajstić information content (AvgIpc) is 2.52. The fourth-order valence-corrected chi connectivity index (χ4v) is 3.32. The van der Waals surface area contributed by atoms with Gasteiger partial charge in [0.1, 0.15) is 5.75 Å². The van der Waals surface area contributed by atoms with Crippen LogP contribution in [0.2, 0.25) is 0 Å². The first kappa shape index (κ1) is 21.9. The first-order valence-corrected chi connectivity index (χ1v) is 9.21. The molecule has 0 aliphatic heterocycles. The van der Waals surface area contributed by atoms with Gasteiger partial charge in [0, 0.05) is 21.5 Å². The molecule has 0 atom stereocenters. The van der Waals surface area contributed by atoms with Crippen LogP contribution in [0.1, 0.15) is 16.7 Å². The molecule has 0 aromatic heterocycles. The van der Waals surface area contributed by atoms with Gasteiger partial charge in [-0.05, 0) is 30.7 Å². The summed E-state index contributed by atoms with van der Waals surface area (Å²) in [6.07, 6.45) is 1.34. The SMILES string of the molecule is COc1ccccc1/C=C/S(=O)(=O)/N=C(\[O-])c1ccc(C)cc1Br.[Na+]. The summed E-state index contributed by atoms with van der Waals surface area (Å²) < 4.78 is 33.0. The number of para-hydroxylation sites is 1. The molecule has 2 rings (SSSR count). The Morgan fingerprint density at radius 3 is 2.56 bits per heavy atom. The first-order chi connectivity index (χ1) is 11.3. The summed E-state index contributed by atoms with van der Waals surface area (Å²) in [5.74, 6) is -0.303. The number of hydrogen-bond acceptors (Lipinski definition) is 4. The van der Waals surface area contributed by atoms with Crippen LogP contribution in [0.5, 0.6) is 5.75 Å². The zero-order valence-electron chi connectivity index (χ0n) is 14.1. The number of sulfonamides is 1. The Morgan fingerprint density at radius 1 is 1.24 bits per heavy atom. The number of hydrogen-bond donors (Lipinski definition) is 0. The van der Waals surface area contributed by atoms with E-state index in [0.717, 1.165) is 11.0 Å². The van der Waals surface area contributed by atoms with E-state index in [4.69, 9.17) is 4.74 Å². The van der Waals surface area contributed by atoms with Crippen molar-refractivity contribution in [2.24, 2.45) is 4.40 Å². The summed E-state index contributed by atoms with van der Waals surface area (Å²) in [5, 5.41) is 13.0. The summed E-state index contributed by atoms with van der Waals surface area (Å²) in [5.41, 5.74) is 1.70. The minimum absolute atomic E-state index is 0. The second-order valence-electron chi connectivity index (χ2n) is 4.94. The van der Waals surface area contributed by atoms with Crippen LogP contribution < -0.4 is 39.4 Å². The molecule has 0 bridgehead atoms. The topological polar surface area (TPSA) is 78.8 Å². The molecule has 2 aromatic carbocycles. The number of nitrogens with zero attached hydrogens (tertiary/aromatic N) is 1. The third-order valence-electron chi connectivity index (χ3n) is 3.12. The molecule has 0 saturated heterocycles. The van der Waals surface area contributed by atoms with Crippen LogP contribution in [0.4, 0.5) is 0 Å². The largest absolute Gasteiger partial charge is 1.00 e. The summed E-state index contributed by atoms with van der Waals surface area (Å²) >= 11 is 3.24. The van der Waals surface area contributed by atoms with Crippen LogP contribution in [-0.4, -0.2) is 21.4 Å². The molecule has 0 fully saturated rings. The van der Waals surface area contributed by atoms with E-state index >= 15 is 0 Å². The Bertz CT molecular complexity index is 911. The molecule has 8 heteroatoms. The molecule has 0 spiro atoms. The van der Waals surface area contributed by atoms with Gasteiger partial charge in [0.15, 0.2) is 0 Å². The molecule has 126 valence electrons. The molecule has 0 unspecified atom stereocenters. The molecule has 5 nitrogen and oxygen atoms in total. The van der Waals surface area contributed by atoms with Gasteiger partial charge >= 0.3 is 29.6 Å². The summed E-state index contributed by atoms with van der Waals surface area (Å²) in [6, 6.07) is 11.9. The minimum Gasteiger partial charge on any atom is -0.858 e. The molecular weight excluding hydrogens is 417 g/mol. The first-order valence-electron chi connectivity index (χ1n) is 6.92. The van der Waals surface area contributed by atoms with E-state index < -0.39 is 15.9 Å².